The van der Waals surface area contributed by atoms with Crippen molar-refractivity contribution in [2.75, 3.05) is 13.2 Å². The van der Waals surface area contributed by atoms with E-state index in [0.29, 0.717) is 6.42 Å². The van der Waals surface area contributed by atoms with Crippen LogP contribution in [0.5, 0.6) is 0 Å². The van der Waals surface area contributed by atoms with Crippen LogP contribution in [-0.4, -0.2) is 87.5 Å². The molecule has 0 saturated carbocycles. The highest BCUT2D eigenvalue weighted by Gasteiger charge is 2.44. The Hall–Kier alpha value is -2.37. The molecule has 0 spiro atoms. The van der Waals surface area contributed by atoms with Crippen LogP contribution in [-0.2, 0) is 14.3 Å². The lowest BCUT2D eigenvalue weighted by atomic mass is 9.99. The molecule has 1 rings (SSSR count). The quantitative estimate of drug-likeness (QED) is 0.0261. The Bertz CT molecular complexity index is 1340. The van der Waals surface area contributed by atoms with Gasteiger partial charge in [-0.2, -0.15) is 0 Å². The molecule has 0 aromatic carbocycles. The second-order valence-corrected chi connectivity index (χ2v) is 20.4. The van der Waals surface area contributed by atoms with Crippen molar-refractivity contribution in [3.05, 3.63) is 72.9 Å². The SMILES string of the molecule is CC/C=C\C/C=C\C/C=C\CCCCCCCCCC(=O)NC(COC1OC(CO)C(O)C(O)C1O)C(O)/C=C/CC/C=C/CC/C=C/CCCCCCCCCCCCCCCCCCCCCCC. The first-order valence-corrected chi connectivity index (χ1v) is 29.7. The van der Waals surface area contributed by atoms with E-state index in [-0.39, 0.29) is 12.5 Å². The van der Waals surface area contributed by atoms with Gasteiger partial charge in [-0.3, -0.25) is 4.79 Å². The normalized spacial score (nSPS) is 19.8. The van der Waals surface area contributed by atoms with Crippen LogP contribution in [0.3, 0.4) is 0 Å². The van der Waals surface area contributed by atoms with Gasteiger partial charge in [0, 0.05) is 6.42 Å². The number of aliphatic hydroxyl groups is 5. The van der Waals surface area contributed by atoms with Crippen LogP contribution >= 0.6 is 0 Å². The van der Waals surface area contributed by atoms with Gasteiger partial charge in [0.2, 0.25) is 5.91 Å². The van der Waals surface area contributed by atoms with E-state index in [4.69, 9.17) is 9.47 Å². The topological polar surface area (TPSA) is 149 Å². The third kappa shape index (κ3) is 40.7. The van der Waals surface area contributed by atoms with Crippen LogP contribution in [0.2, 0.25) is 0 Å². The predicted molar refractivity (Wildman–Crippen MR) is 299 cm³/mol. The Kier molecular flexibility index (Phi) is 48.0. The van der Waals surface area contributed by atoms with Gasteiger partial charge >= 0.3 is 0 Å². The molecule has 0 radical (unpaired) electrons. The highest BCUT2D eigenvalue weighted by molar-refractivity contribution is 5.76. The molecule has 1 fully saturated rings. The lowest BCUT2D eigenvalue weighted by Crippen LogP contribution is -2.60. The third-order valence-corrected chi connectivity index (χ3v) is 13.7. The Morgan fingerprint density at radius 1 is 0.493 bits per heavy atom. The van der Waals surface area contributed by atoms with Crippen molar-refractivity contribution in [1.29, 1.82) is 0 Å². The van der Waals surface area contributed by atoms with Gasteiger partial charge < -0.3 is 40.3 Å². The van der Waals surface area contributed by atoms with E-state index >= 15 is 0 Å². The minimum atomic E-state index is -1.58. The molecule has 7 unspecified atom stereocenters. The fourth-order valence-corrected chi connectivity index (χ4v) is 9.09. The zero-order valence-electron chi connectivity index (χ0n) is 45.7. The molecule has 71 heavy (non-hydrogen) atoms. The van der Waals surface area contributed by atoms with Gasteiger partial charge in [-0.25, -0.2) is 0 Å². The smallest absolute Gasteiger partial charge is 0.220 e. The summed E-state index contributed by atoms with van der Waals surface area (Å²) in [4.78, 5) is 13.0. The molecular weight excluding hydrogens is 887 g/mol. The Labute approximate surface area is 436 Å². The zero-order valence-corrected chi connectivity index (χ0v) is 45.7. The molecule has 9 heteroatoms. The van der Waals surface area contributed by atoms with Gasteiger partial charge in [0.1, 0.15) is 24.4 Å². The fourth-order valence-electron chi connectivity index (χ4n) is 9.09. The second kappa shape index (κ2) is 51.1. The van der Waals surface area contributed by atoms with E-state index in [1.807, 2.05) is 6.08 Å². The summed E-state index contributed by atoms with van der Waals surface area (Å²) in [5, 5.41) is 54.5. The number of aliphatic hydroxyl groups excluding tert-OH is 5. The summed E-state index contributed by atoms with van der Waals surface area (Å²) in [6.07, 6.45) is 64.2. The van der Waals surface area contributed by atoms with Gasteiger partial charge in [0.25, 0.3) is 0 Å². The fraction of sp³-hybridized carbons (Fsp3) is 0.790. The Morgan fingerprint density at radius 2 is 0.887 bits per heavy atom. The van der Waals surface area contributed by atoms with Gasteiger partial charge in [-0.15, -0.1) is 0 Å². The van der Waals surface area contributed by atoms with Crippen molar-refractivity contribution in [3.8, 4) is 0 Å². The first kappa shape index (κ1) is 66.6. The number of hydrogen-bond donors (Lipinski definition) is 6. The summed E-state index contributed by atoms with van der Waals surface area (Å²) in [5.74, 6) is -0.202. The van der Waals surface area contributed by atoms with Crippen molar-refractivity contribution in [3.63, 3.8) is 0 Å². The van der Waals surface area contributed by atoms with E-state index in [0.717, 1.165) is 77.0 Å². The number of carbonyl (C=O) groups is 1. The average molecular weight is 999 g/mol. The summed E-state index contributed by atoms with van der Waals surface area (Å²) in [5.41, 5.74) is 0. The highest BCUT2D eigenvalue weighted by Crippen LogP contribution is 2.23. The summed E-state index contributed by atoms with van der Waals surface area (Å²) in [7, 11) is 0. The van der Waals surface area contributed by atoms with Gasteiger partial charge in [-0.1, -0.05) is 247 Å². The number of rotatable bonds is 50. The number of carbonyl (C=O) groups excluding carboxylic acids is 1. The summed E-state index contributed by atoms with van der Waals surface area (Å²) >= 11 is 0. The lowest BCUT2D eigenvalue weighted by molar-refractivity contribution is -0.302. The first-order valence-electron chi connectivity index (χ1n) is 29.7. The summed E-state index contributed by atoms with van der Waals surface area (Å²) < 4.78 is 11.2. The number of amides is 1. The average Bonchev–Trinajstić information content (AvgIpc) is 3.37. The van der Waals surface area contributed by atoms with Crippen molar-refractivity contribution in [1.82, 2.24) is 5.32 Å². The molecule has 7 atom stereocenters. The van der Waals surface area contributed by atoms with E-state index < -0.39 is 49.5 Å². The van der Waals surface area contributed by atoms with Crippen molar-refractivity contribution in [2.45, 2.75) is 301 Å². The van der Waals surface area contributed by atoms with E-state index in [9.17, 15) is 30.3 Å². The number of unbranched alkanes of at least 4 members (excludes halogenated alkanes) is 30. The van der Waals surface area contributed by atoms with Crippen LogP contribution < -0.4 is 5.32 Å². The van der Waals surface area contributed by atoms with E-state index in [1.165, 1.54) is 161 Å². The molecule has 0 aliphatic carbocycles. The largest absolute Gasteiger partial charge is 0.394 e. The molecule has 1 saturated heterocycles. The van der Waals surface area contributed by atoms with Crippen molar-refractivity contribution in [2.24, 2.45) is 0 Å². The zero-order chi connectivity index (χ0) is 51.5. The van der Waals surface area contributed by atoms with Crippen LogP contribution in [0.15, 0.2) is 72.9 Å². The molecule has 6 N–H and O–H groups in total. The minimum Gasteiger partial charge on any atom is -0.394 e. The van der Waals surface area contributed by atoms with Gasteiger partial charge in [-0.05, 0) is 77.0 Å². The molecule has 1 aliphatic rings. The predicted octanol–water partition coefficient (Wildman–Crippen LogP) is 14.8. The second-order valence-electron chi connectivity index (χ2n) is 20.4. The first-order chi connectivity index (χ1) is 34.8. The Morgan fingerprint density at radius 3 is 1.35 bits per heavy atom. The van der Waals surface area contributed by atoms with Crippen molar-refractivity contribution < 1.29 is 39.8 Å². The molecular formula is C62H111NO8. The number of ether oxygens (including phenoxy) is 2. The van der Waals surface area contributed by atoms with Gasteiger partial charge in [0.15, 0.2) is 6.29 Å². The van der Waals surface area contributed by atoms with Crippen LogP contribution in [0.25, 0.3) is 0 Å². The maximum absolute atomic E-state index is 13.0. The molecule has 1 aliphatic heterocycles. The third-order valence-electron chi connectivity index (χ3n) is 13.7. The number of allylic oxidation sites excluding steroid dienone is 11. The van der Waals surface area contributed by atoms with Crippen LogP contribution in [0, 0.1) is 0 Å². The number of nitrogens with one attached hydrogen (secondary N) is 1. The van der Waals surface area contributed by atoms with E-state index in [2.05, 4.69) is 79.9 Å². The monoisotopic (exact) mass is 998 g/mol. The maximum Gasteiger partial charge on any atom is 0.220 e. The molecule has 0 aromatic heterocycles. The molecule has 1 heterocycles. The minimum absolute atomic E-state index is 0.202. The lowest BCUT2D eigenvalue weighted by Gasteiger charge is -2.40. The van der Waals surface area contributed by atoms with Gasteiger partial charge in [0.05, 0.1) is 25.4 Å². The van der Waals surface area contributed by atoms with Crippen molar-refractivity contribution >= 4 is 5.91 Å². The van der Waals surface area contributed by atoms with Crippen LogP contribution in [0.4, 0.5) is 0 Å². The standard InChI is InChI=1S/C62H111NO8/c1-3-5-7-9-11-13-15-17-19-21-22-23-24-25-26-27-28-29-30-31-32-33-34-36-37-39-41-43-45-47-49-51-56(65)55(54-70-62-61(69)60(68)59(67)57(53-64)71-62)63-58(66)52-50-48-46-44-42-40-38-35-20-18-16-14-12-10-8-6-4-2/h6,8,12,14,18,20,34,36,41,43,49,51,55-57,59-62,64-65,67-69H,3-5,7,9-11,13,15-17,19,21-33,35,37-40,42,44-48,50,52-54H2,1-2H3,(H,63,66)/b8-6-,14-12-,20-18-,36-34+,43-41+,51-49+. The Balaban J connectivity index is 2.22. The molecule has 0 bridgehead atoms. The summed E-state index contributed by atoms with van der Waals surface area (Å²) in [6, 6.07) is -0.838. The summed E-state index contributed by atoms with van der Waals surface area (Å²) in [6.45, 7) is 3.65. The molecule has 0 aromatic rings. The van der Waals surface area contributed by atoms with E-state index in [1.54, 1.807) is 6.08 Å². The molecule has 412 valence electrons. The molecule has 9 nitrogen and oxygen atoms in total. The maximum atomic E-state index is 13.0. The number of hydrogen-bond acceptors (Lipinski definition) is 8. The highest BCUT2D eigenvalue weighted by atomic mass is 16.7. The molecule has 1 amide bonds. The van der Waals surface area contributed by atoms with Crippen LogP contribution in [0.1, 0.15) is 258 Å².